The van der Waals surface area contributed by atoms with Crippen LogP contribution >= 0.6 is 23.2 Å². The summed E-state index contributed by atoms with van der Waals surface area (Å²) in [5.41, 5.74) is 0. The fourth-order valence-corrected chi connectivity index (χ4v) is 3.57. The van der Waals surface area contributed by atoms with Crippen molar-refractivity contribution >= 4 is 35.0 Å². The first-order chi connectivity index (χ1) is 11.5. The van der Waals surface area contributed by atoms with Crippen LogP contribution in [0.5, 0.6) is 5.75 Å². The smallest absolute Gasteiger partial charge is 0.260 e. The Morgan fingerprint density at radius 1 is 1.17 bits per heavy atom. The SMILES string of the molecule is O=C(COc1ccc(Cl)c(Cl)c1)N1CCC(N2CCCC2=O)CC1. The van der Waals surface area contributed by atoms with Gasteiger partial charge in [-0.2, -0.15) is 0 Å². The quantitative estimate of drug-likeness (QED) is 0.818. The van der Waals surface area contributed by atoms with Crippen LogP contribution in [0.1, 0.15) is 25.7 Å². The number of hydrogen-bond donors (Lipinski definition) is 0. The third-order valence-electron chi connectivity index (χ3n) is 4.62. The maximum absolute atomic E-state index is 12.3. The van der Waals surface area contributed by atoms with Gasteiger partial charge in [0.2, 0.25) is 5.91 Å². The molecule has 0 atom stereocenters. The molecule has 0 bridgehead atoms. The van der Waals surface area contributed by atoms with E-state index >= 15 is 0 Å². The lowest BCUT2D eigenvalue weighted by Crippen LogP contribution is -2.48. The first kappa shape index (κ1) is 17.4. The number of carbonyl (C=O) groups is 2. The third-order valence-corrected chi connectivity index (χ3v) is 5.36. The first-order valence-corrected chi connectivity index (χ1v) is 8.95. The third kappa shape index (κ3) is 3.95. The van der Waals surface area contributed by atoms with E-state index in [1.54, 1.807) is 23.1 Å². The summed E-state index contributed by atoms with van der Waals surface area (Å²) in [4.78, 5) is 27.9. The fourth-order valence-electron chi connectivity index (χ4n) is 3.29. The highest BCUT2D eigenvalue weighted by Gasteiger charge is 2.31. The molecule has 24 heavy (non-hydrogen) atoms. The van der Waals surface area contributed by atoms with E-state index in [1.807, 2.05) is 4.90 Å². The van der Waals surface area contributed by atoms with Crippen molar-refractivity contribution in [3.05, 3.63) is 28.2 Å². The van der Waals surface area contributed by atoms with Crippen LogP contribution in [0.4, 0.5) is 0 Å². The molecule has 2 saturated heterocycles. The van der Waals surface area contributed by atoms with Crippen molar-refractivity contribution in [1.29, 1.82) is 0 Å². The number of rotatable bonds is 4. The molecule has 0 aliphatic carbocycles. The Kier molecular flexibility index (Phi) is 5.51. The number of piperidine rings is 1. The number of ether oxygens (including phenoxy) is 1. The highest BCUT2D eigenvalue weighted by atomic mass is 35.5. The van der Waals surface area contributed by atoms with Gasteiger partial charge in [-0.15, -0.1) is 0 Å². The number of hydrogen-bond acceptors (Lipinski definition) is 3. The maximum atomic E-state index is 12.3. The number of halogens is 2. The molecule has 0 N–H and O–H groups in total. The summed E-state index contributed by atoms with van der Waals surface area (Å²) in [6, 6.07) is 5.21. The van der Waals surface area contributed by atoms with E-state index in [1.165, 1.54) is 0 Å². The highest BCUT2D eigenvalue weighted by Crippen LogP contribution is 2.26. The predicted octanol–water partition coefficient (Wildman–Crippen LogP) is 2.99. The van der Waals surface area contributed by atoms with Crippen LogP contribution in [0.3, 0.4) is 0 Å². The standard InChI is InChI=1S/C17H20Cl2N2O3/c18-14-4-3-13(10-15(14)19)24-11-17(23)20-8-5-12(6-9-20)21-7-1-2-16(21)22/h3-4,10,12H,1-2,5-9,11H2. The van der Waals surface area contributed by atoms with E-state index in [4.69, 9.17) is 27.9 Å². The Morgan fingerprint density at radius 3 is 2.54 bits per heavy atom. The van der Waals surface area contributed by atoms with Gasteiger partial charge < -0.3 is 14.5 Å². The molecule has 0 spiro atoms. The van der Waals surface area contributed by atoms with Crippen molar-refractivity contribution in [3.8, 4) is 5.75 Å². The van der Waals surface area contributed by atoms with Crippen molar-refractivity contribution in [2.45, 2.75) is 31.7 Å². The molecular weight excluding hydrogens is 351 g/mol. The van der Waals surface area contributed by atoms with E-state index in [0.717, 1.165) is 25.8 Å². The molecule has 1 aromatic carbocycles. The Bertz CT molecular complexity index is 630. The van der Waals surface area contributed by atoms with Crippen molar-refractivity contribution in [2.75, 3.05) is 26.2 Å². The van der Waals surface area contributed by atoms with Gasteiger partial charge in [0.05, 0.1) is 10.0 Å². The Morgan fingerprint density at radius 2 is 1.92 bits per heavy atom. The van der Waals surface area contributed by atoms with Gasteiger partial charge in [0, 0.05) is 38.2 Å². The van der Waals surface area contributed by atoms with Crippen LogP contribution in [-0.4, -0.2) is 53.9 Å². The average molecular weight is 371 g/mol. The van der Waals surface area contributed by atoms with Crippen LogP contribution in [0, 0.1) is 0 Å². The minimum Gasteiger partial charge on any atom is -0.484 e. The zero-order chi connectivity index (χ0) is 17.1. The van der Waals surface area contributed by atoms with E-state index < -0.39 is 0 Å². The summed E-state index contributed by atoms with van der Waals surface area (Å²) in [5.74, 6) is 0.727. The molecule has 3 rings (SSSR count). The number of carbonyl (C=O) groups excluding carboxylic acids is 2. The number of likely N-dealkylation sites (tertiary alicyclic amines) is 2. The molecule has 7 heteroatoms. The van der Waals surface area contributed by atoms with E-state index in [9.17, 15) is 9.59 Å². The summed E-state index contributed by atoms with van der Waals surface area (Å²) < 4.78 is 5.50. The van der Waals surface area contributed by atoms with Crippen LogP contribution < -0.4 is 4.74 Å². The van der Waals surface area contributed by atoms with Crippen LogP contribution in [-0.2, 0) is 9.59 Å². The van der Waals surface area contributed by atoms with Gasteiger partial charge in [0.1, 0.15) is 5.75 Å². The van der Waals surface area contributed by atoms with Gasteiger partial charge >= 0.3 is 0 Å². The molecule has 130 valence electrons. The summed E-state index contributed by atoms with van der Waals surface area (Å²) in [6.45, 7) is 2.17. The molecule has 0 saturated carbocycles. The molecule has 2 heterocycles. The van der Waals surface area contributed by atoms with Gasteiger partial charge in [0.25, 0.3) is 5.91 Å². The Hall–Kier alpha value is -1.46. The zero-order valence-corrected chi connectivity index (χ0v) is 14.9. The Balaban J connectivity index is 1.46. The van der Waals surface area contributed by atoms with E-state index in [-0.39, 0.29) is 24.5 Å². The van der Waals surface area contributed by atoms with Gasteiger partial charge in [-0.3, -0.25) is 9.59 Å². The average Bonchev–Trinajstić information content (AvgIpc) is 3.02. The fraction of sp³-hybridized carbons (Fsp3) is 0.529. The monoisotopic (exact) mass is 370 g/mol. The summed E-state index contributed by atoms with van der Waals surface area (Å²) in [7, 11) is 0. The van der Waals surface area contributed by atoms with Crippen molar-refractivity contribution in [1.82, 2.24) is 9.80 Å². The molecule has 0 aromatic heterocycles. The minimum absolute atomic E-state index is 0.0225. The molecular formula is C17H20Cl2N2O3. The molecule has 2 aliphatic heterocycles. The van der Waals surface area contributed by atoms with Crippen LogP contribution in [0.2, 0.25) is 10.0 Å². The number of amides is 2. The van der Waals surface area contributed by atoms with Crippen molar-refractivity contribution < 1.29 is 14.3 Å². The number of nitrogens with zero attached hydrogens (tertiary/aromatic N) is 2. The molecule has 5 nitrogen and oxygen atoms in total. The van der Waals surface area contributed by atoms with E-state index in [0.29, 0.717) is 35.3 Å². The van der Waals surface area contributed by atoms with Crippen LogP contribution in [0.15, 0.2) is 18.2 Å². The van der Waals surface area contributed by atoms with E-state index in [2.05, 4.69) is 0 Å². The molecule has 0 unspecified atom stereocenters. The number of benzene rings is 1. The summed E-state index contributed by atoms with van der Waals surface area (Å²) >= 11 is 11.8. The lowest BCUT2D eigenvalue weighted by molar-refractivity contribution is -0.136. The first-order valence-electron chi connectivity index (χ1n) is 8.19. The van der Waals surface area contributed by atoms with Gasteiger partial charge in [0.15, 0.2) is 6.61 Å². The molecule has 2 aliphatic rings. The summed E-state index contributed by atoms with van der Waals surface area (Å²) in [6.07, 6.45) is 3.29. The minimum atomic E-state index is -0.0488. The second-order valence-electron chi connectivity index (χ2n) is 6.17. The predicted molar refractivity (Wildman–Crippen MR) is 92.5 cm³/mol. The Labute approximate surface area is 151 Å². The van der Waals surface area contributed by atoms with Gasteiger partial charge in [-0.25, -0.2) is 0 Å². The van der Waals surface area contributed by atoms with Gasteiger partial charge in [-0.05, 0) is 31.4 Å². The topological polar surface area (TPSA) is 49.9 Å². The lowest BCUT2D eigenvalue weighted by Gasteiger charge is -2.36. The highest BCUT2D eigenvalue weighted by molar-refractivity contribution is 6.42. The molecule has 2 amide bonds. The molecule has 1 aromatic rings. The van der Waals surface area contributed by atoms with Gasteiger partial charge in [-0.1, -0.05) is 23.2 Å². The summed E-state index contributed by atoms with van der Waals surface area (Å²) in [5, 5.41) is 0.853. The normalized spacial score (nSPS) is 19.0. The van der Waals surface area contributed by atoms with Crippen molar-refractivity contribution in [3.63, 3.8) is 0 Å². The molecule has 2 fully saturated rings. The largest absolute Gasteiger partial charge is 0.484 e. The second-order valence-corrected chi connectivity index (χ2v) is 6.98. The molecule has 0 radical (unpaired) electrons. The van der Waals surface area contributed by atoms with Crippen LogP contribution in [0.25, 0.3) is 0 Å². The lowest BCUT2D eigenvalue weighted by atomic mass is 10.0. The zero-order valence-electron chi connectivity index (χ0n) is 13.3. The van der Waals surface area contributed by atoms with Crippen molar-refractivity contribution in [2.24, 2.45) is 0 Å². The second kappa shape index (κ2) is 7.62. The maximum Gasteiger partial charge on any atom is 0.260 e.